The summed E-state index contributed by atoms with van der Waals surface area (Å²) in [5, 5.41) is 2.97. The van der Waals surface area contributed by atoms with Crippen LogP contribution in [-0.4, -0.2) is 43.8 Å². The van der Waals surface area contributed by atoms with Gasteiger partial charge < -0.3 is 19.7 Å². The first-order chi connectivity index (χ1) is 11.5. The molecule has 5 heteroatoms. The van der Waals surface area contributed by atoms with Crippen molar-refractivity contribution in [1.29, 1.82) is 0 Å². The van der Waals surface area contributed by atoms with Gasteiger partial charge in [0.15, 0.2) is 0 Å². The molecule has 0 aromatic heterocycles. The standard InChI is InChI=1S/C19H30N2O3/c1-14(2)9-11-24-18-8-10-21(13-18)19(22)20-17-7-5-6-16(12-17)15(3)23-4/h5-7,12,14-15,18H,8-11,13H2,1-4H3,(H,20,22). The van der Waals surface area contributed by atoms with E-state index in [9.17, 15) is 4.79 Å². The lowest BCUT2D eigenvalue weighted by molar-refractivity contribution is 0.0547. The van der Waals surface area contributed by atoms with Crippen molar-refractivity contribution in [3.8, 4) is 0 Å². The van der Waals surface area contributed by atoms with Gasteiger partial charge in [-0.25, -0.2) is 4.79 Å². The minimum atomic E-state index is -0.0628. The average molecular weight is 334 g/mol. The van der Waals surface area contributed by atoms with E-state index in [1.54, 1.807) is 7.11 Å². The van der Waals surface area contributed by atoms with Crippen molar-refractivity contribution in [3.05, 3.63) is 29.8 Å². The third-order valence-corrected chi connectivity index (χ3v) is 4.44. The monoisotopic (exact) mass is 334 g/mol. The second-order valence-electron chi connectivity index (χ2n) is 6.84. The highest BCUT2D eigenvalue weighted by molar-refractivity contribution is 5.89. The molecule has 1 aliphatic heterocycles. The number of rotatable bonds is 7. The van der Waals surface area contributed by atoms with Gasteiger partial charge in [0.2, 0.25) is 0 Å². The number of nitrogens with one attached hydrogen (secondary N) is 1. The lowest BCUT2D eigenvalue weighted by atomic mass is 10.1. The molecule has 1 heterocycles. The van der Waals surface area contributed by atoms with Crippen molar-refractivity contribution in [2.45, 2.75) is 45.8 Å². The Morgan fingerprint density at radius 2 is 2.17 bits per heavy atom. The maximum atomic E-state index is 12.4. The minimum Gasteiger partial charge on any atom is -0.377 e. The van der Waals surface area contributed by atoms with Crippen LogP contribution in [0.3, 0.4) is 0 Å². The second-order valence-corrected chi connectivity index (χ2v) is 6.84. The van der Waals surface area contributed by atoms with Crippen LogP contribution in [0.4, 0.5) is 10.5 Å². The van der Waals surface area contributed by atoms with E-state index in [2.05, 4.69) is 19.2 Å². The number of carbonyl (C=O) groups excluding carboxylic acids is 1. The maximum absolute atomic E-state index is 12.4. The summed E-state index contributed by atoms with van der Waals surface area (Å²) in [4.78, 5) is 14.2. The molecular formula is C19H30N2O3. The number of urea groups is 1. The number of benzene rings is 1. The molecule has 1 aromatic carbocycles. The molecule has 1 aliphatic rings. The number of nitrogens with zero attached hydrogens (tertiary/aromatic N) is 1. The molecule has 0 aliphatic carbocycles. The zero-order valence-electron chi connectivity index (χ0n) is 15.2. The van der Waals surface area contributed by atoms with Gasteiger partial charge in [0.05, 0.1) is 12.2 Å². The van der Waals surface area contributed by atoms with E-state index < -0.39 is 0 Å². The van der Waals surface area contributed by atoms with E-state index in [0.717, 1.165) is 37.2 Å². The molecule has 2 rings (SSSR count). The molecule has 1 fully saturated rings. The van der Waals surface area contributed by atoms with Crippen molar-refractivity contribution in [2.75, 3.05) is 32.1 Å². The molecule has 1 N–H and O–H groups in total. The molecule has 0 bridgehead atoms. The molecule has 2 amide bonds. The highest BCUT2D eigenvalue weighted by Crippen LogP contribution is 2.21. The molecular weight excluding hydrogens is 304 g/mol. The number of carbonyl (C=O) groups is 1. The second kappa shape index (κ2) is 9.04. The lowest BCUT2D eigenvalue weighted by Crippen LogP contribution is -2.34. The Kier molecular flexibility index (Phi) is 7.06. The fourth-order valence-corrected chi connectivity index (χ4v) is 2.73. The van der Waals surface area contributed by atoms with Gasteiger partial charge in [-0.3, -0.25) is 0 Å². The molecule has 2 unspecified atom stereocenters. The van der Waals surface area contributed by atoms with Crippen molar-refractivity contribution < 1.29 is 14.3 Å². The van der Waals surface area contributed by atoms with Gasteiger partial charge in [-0.1, -0.05) is 26.0 Å². The Morgan fingerprint density at radius 1 is 1.38 bits per heavy atom. The van der Waals surface area contributed by atoms with Gasteiger partial charge in [-0.15, -0.1) is 0 Å². The highest BCUT2D eigenvalue weighted by atomic mass is 16.5. The number of amides is 2. The van der Waals surface area contributed by atoms with Crippen molar-refractivity contribution in [2.24, 2.45) is 5.92 Å². The van der Waals surface area contributed by atoms with Crippen LogP contribution in [0.15, 0.2) is 24.3 Å². The van der Waals surface area contributed by atoms with Gasteiger partial charge in [-0.05, 0) is 43.4 Å². The van der Waals surface area contributed by atoms with Crippen LogP contribution in [0.25, 0.3) is 0 Å². The summed E-state index contributed by atoms with van der Waals surface area (Å²) in [6.07, 6.45) is 2.14. The van der Waals surface area contributed by atoms with Gasteiger partial charge in [0.25, 0.3) is 0 Å². The van der Waals surface area contributed by atoms with Crippen LogP contribution in [0.5, 0.6) is 0 Å². The number of hydrogen-bond donors (Lipinski definition) is 1. The Bertz CT molecular complexity index is 533. The summed E-state index contributed by atoms with van der Waals surface area (Å²) in [5.74, 6) is 0.646. The Morgan fingerprint density at radius 3 is 2.88 bits per heavy atom. The van der Waals surface area contributed by atoms with Crippen molar-refractivity contribution >= 4 is 11.7 Å². The zero-order chi connectivity index (χ0) is 17.5. The molecule has 0 saturated carbocycles. The van der Waals surface area contributed by atoms with E-state index in [0.29, 0.717) is 12.5 Å². The van der Waals surface area contributed by atoms with Gasteiger partial charge >= 0.3 is 6.03 Å². The van der Waals surface area contributed by atoms with Crippen LogP contribution in [0.2, 0.25) is 0 Å². The molecule has 5 nitrogen and oxygen atoms in total. The zero-order valence-corrected chi connectivity index (χ0v) is 15.2. The Hall–Kier alpha value is -1.59. The third-order valence-electron chi connectivity index (χ3n) is 4.44. The van der Waals surface area contributed by atoms with Crippen molar-refractivity contribution in [1.82, 2.24) is 4.90 Å². The summed E-state index contributed by atoms with van der Waals surface area (Å²) in [6, 6.07) is 7.72. The smallest absolute Gasteiger partial charge is 0.321 e. The topological polar surface area (TPSA) is 50.8 Å². The normalized spacial score (nSPS) is 18.9. The van der Waals surface area contributed by atoms with E-state index in [1.165, 1.54) is 0 Å². The Labute approximate surface area is 145 Å². The Balaban J connectivity index is 1.83. The van der Waals surface area contributed by atoms with E-state index >= 15 is 0 Å². The first-order valence-corrected chi connectivity index (χ1v) is 8.80. The molecule has 2 atom stereocenters. The van der Waals surface area contributed by atoms with Crippen LogP contribution in [0, 0.1) is 5.92 Å². The van der Waals surface area contributed by atoms with Gasteiger partial charge in [0.1, 0.15) is 0 Å². The van der Waals surface area contributed by atoms with Gasteiger partial charge in [0, 0.05) is 32.5 Å². The third kappa shape index (κ3) is 5.49. The molecule has 24 heavy (non-hydrogen) atoms. The molecule has 0 spiro atoms. The number of likely N-dealkylation sites (tertiary alicyclic amines) is 1. The fourth-order valence-electron chi connectivity index (χ4n) is 2.73. The molecule has 0 radical (unpaired) electrons. The summed E-state index contributed by atoms with van der Waals surface area (Å²) in [7, 11) is 1.68. The predicted molar refractivity (Wildman–Crippen MR) is 96.3 cm³/mol. The summed E-state index contributed by atoms with van der Waals surface area (Å²) in [6.45, 7) is 8.55. The van der Waals surface area contributed by atoms with Crippen LogP contribution in [-0.2, 0) is 9.47 Å². The fraction of sp³-hybridized carbons (Fsp3) is 0.632. The largest absolute Gasteiger partial charge is 0.377 e. The highest BCUT2D eigenvalue weighted by Gasteiger charge is 2.26. The summed E-state index contributed by atoms with van der Waals surface area (Å²) in [5.41, 5.74) is 1.84. The van der Waals surface area contributed by atoms with Crippen LogP contribution in [0.1, 0.15) is 45.3 Å². The quantitative estimate of drug-likeness (QED) is 0.818. The van der Waals surface area contributed by atoms with Crippen LogP contribution >= 0.6 is 0 Å². The lowest BCUT2D eigenvalue weighted by Gasteiger charge is -2.18. The molecule has 134 valence electrons. The maximum Gasteiger partial charge on any atom is 0.321 e. The summed E-state index contributed by atoms with van der Waals surface area (Å²) >= 11 is 0. The number of methoxy groups -OCH3 is 1. The van der Waals surface area contributed by atoms with E-state index in [4.69, 9.17) is 9.47 Å². The van der Waals surface area contributed by atoms with E-state index in [1.807, 2.05) is 36.1 Å². The van der Waals surface area contributed by atoms with Gasteiger partial charge in [-0.2, -0.15) is 0 Å². The minimum absolute atomic E-state index is 0.00683. The van der Waals surface area contributed by atoms with Crippen LogP contribution < -0.4 is 5.32 Å². The van der Waals surface area contributed by atoms with Crippen molar-refractivity contribution in [3.63, 3.8) is 0 Å². The first kappa shape index (κ1) is 18.7. The molecule has 1 saturated heterocycles. The molecule has 1 aromatic rings. The SMILES string of the molecule is COC(C)c1cccc(NC(=O)N2CCC(OCCC(C)C)C2)c1. The summed E-state index contributed by atoms with van der Waals surface area (Å²) < 4.78 is 11.2. The van der Waals surface area contributed by atoms with E-state index in [-0.39, 0.29) is 18.2 Å². The number of ether oxygens (including phenoxy) is 2. The first-order valence-electron chi connectivity index (χ1n) is 8.80. The average Bonchev–Trinajstić information content (AvgIpc) is 3.03. The predicted octanol–water partition coefficient (Wildman–Crippen LogP) is 4.06. The number of anilines is 1. The number of hydrogen-bond acceptors (Lipinski definition) is 3.